The minimum Gasteiger partial charge on any atom is -0.391 e. The molecule has 0 bridgehead atoms. The fraction of sp³-hybridized carbons (Fsp3) is 0.611. The number of carbonyl (C=O) groups excluding carboxylic acids is 1. The lowest BCUT2D eigenvalue weighted by Crippen LogP contribution is -2.32. The topological polar surface area (TPSA) is 95.9 Å². The first-order chi connectivity index (χ1) is 12.8. The van der Waals surface area contributed by atoms with Gasteiger partial charge in [0.05, 0.1) is 17.2 Å². The van der Waals surface area contributed by atoms with Crippen molar-refractivity contribution < 1.29 is 23.1 Å². The number of likely N-dealkylation sites (tertiary alicyclic amines) is 1. The summed E-state index contributed by atoms with van der Waals surface area (Å²) in [5.74, 6) is -0.269. The average Bonchev–Trinajstić information content (AvgIpc) is 3.29. The second-order valence-corrected chi connectivity index (χ2v) is 9.22. The Hall–Kier alpha value is -1.19. The average molecular weight is 417 g/mol. The van der Waals surface area contributed by atoms with E-state index in [0.29, 0.717) is 13.2 Å². The molecule has 150 valence electrons. The van der Waals surface area contributed by atoms with Crippen molar-refractivity contribution in [1.29, 1.82) is 0 Å². The van der Waals surface area contributed by atoms with Gasteiger partial charge in [-0.05, 0) is 37.5 Å². The Labute approximate surface area is 164 Å². The van der Waals surface area contributed by atoms with Crippen LogP contribution >= 0.6 is 11.6 Å². The van der Waals surface area contributed by atoms with Crippen molar-refractivity contribution in [3.05, 3.63) is 28.8 Å². The number of amides is 1. The Bertz CT molecular complexity index is 795. The number of benzene rings is 1. The first-order valence-corrected chi connectivity index (χ1v) is 11.1. The van der Waals surface area contributed by atoms with Crippen LogP contribution in [0.5, 0.6) is 0 Å². The largest absolute Gasteiger partial charge is 0.391 e. The van der Waals surface area contributed by atoms with E-state index in [0.717, 1.165) is 19.3 Å². The van der Waals surface area contributed by atoms with Gasteiger partial charge >= 0.3 is 0 Å². The van der Waals surface area contributed by atoms with Gasteiger partial charge in [0.1, 0.15) is 4.90 Å². The molecular formula is C18H25ClN2O5S. The van der Waals surface area contributed by atoms with Crippen LogP contribution in [0.15, 0.2) is 23.1 Å². The standard InChI is InChI=1S/C18H25ClN2O5S/c1-2-12-10-21(11-16(12)22)18(23)13-5-6-15(19)17(8-13)27(24,25)20-9-14-4-3-7-26-14/h5-6,8,12,14,16,20,22H,2-4,7,9-11H2,1H3/t12-,14-,16-/m1/s1. The molecule has 3 atom stereocenters. The number of aliphatic hydroxyl groups is 1. The number of sulfonamides is 1. The summed E-state index contributed by atoms with van der Waals surface area (Å²) in [4.78, 5) is 14.2. The minimum atomic E-state index is -3.87. The van der Waals surface area contributed by atoms with Crippen LogP contribution in [0.3, 0.4) is 0 Å². The summed E-state index contributed by atoms with van der Waals surface area (Å²) in [5, 5.41) is 10.1. The molecule has 0 aromatic heterocycles. The highest BCUT2D eigenvalue weighted by Crippen LogP contribution is 2.26. The van der Waals surface area contributed by atoms with Gasteiger partial charge in [-0.25, -0.2) is 13.1 Å². The number of aliphatic hydroxyl groups excluding tert-OH is 1. The number of β-amino-alcohol motifs (C(OH)–C–C–N with tert-alkyl or cyclic N) is 1. The Morgan fingerprint density at radius 2 is 2.19 bits per heavy atom. The molecule has 2 N–H and O–H groups in total. The molecule has 2 aliphatic rings. The van der Waals surface area contributed by atoms with Gasteiger partial charge in [-0.2, -0.15) is 0 Å². The number of ether oxygens (including phenoxy) is 1. The summed E-state index contributed by atoms with van der Waals surface area (Å²) >= 11 is 6.09. The SMILES string of the molecule is CC[C@@H]1CN(C(=O)c2ccc(Cl)c(S(=O)(=O)NC[C@H]3CCCO3)c2)C[C@H]1O. The molecule has 7 nitrogen and oxygen atoms in total. The van der Waals surface area contributed by atoms with E-state index in [1.165, 1.54) is 18.2 Å². The maximum absolute atomic E-state index is 12.7. The van der Waals surface area contributed by atoms with Crippen LogP contribution in [0.2, 0.25) is 5.02 Å². The van der Waals surface area contributed by atoms with Gasteiger partial charge < -0.3 is 14.7 Å². The number of rotatable bonds is 6. The molecule has 1 amide bonds. The van der Waals surface area contributed by atoms with Crippen molar-refractivity contribution >= 4 is 27.5 Å². The van der Waals surface area contributed by atoms with Crippen LogP contribution < -0.4 is 4.72 Å². The monoisotopic (exact) mass is 416 g/mol. The smallest absolute Gasteiger partial charge is 0.253 e. The van der Waals surface area contributed by atoms with E-state index in [9.17, 15) is 18.3 Å². The number of carbonyl (C=O) groups is 1. The predicted octanol–water partition coefficient (Wildman–Crippen LogP) is 1.64. The Kier molecular flexibility index (Phi) is 6.43. The molecule has 0 saturated carbocycles. The highest BCUT2D eigenvalue weighted by atomic mass is 35.5. The number of halogens is 1. The third-order valence-corrected chi connectivity index (χ3v) is 7.12. The van der Waals surface area contributed by atoms with Gasteiger partial charge in [-0.15, -0.1) is 0 Å². The molecule has 0 aliphatic carbocycles. The summed E-state index contributed by atoms with van der Waals surface area (Å²) in [6, 6.07) is 4.23. The van der Waals surface area contributed by atoms with E-state index in [2.05, 4.69) is 4.72 Å². The van der Waals surface area contributed by atoms with Crippen LogP contribution in [0, 0.1) is 5.92 Å². The lowest BCUT2D eigenvalue weighted by molar-refractivity contribution is 0.0764. The lowest BCUT2D eigenvalue weighted by atomic mass is 10.0. The van der Waals surface area contributed by atoms with Crippen LogP contribution in [-0.2, 0) is 14.8 Å². The summed E-state index contributed by atoms with van der Waals surface area (Å²) in [5.41, 5.74) is 0.237. The van der Waals surface area contributed by atoms with Crippen molar-refractivity contribution in [1.82, 2.24) is 9.62 Å². The zero-order valence-corrected chi connectivity index (χ0v) is 16.8. The number of hydrogen-bond acceptors (Lipinski definition) is 5. The molecule has 2 saturated heterocycles. The van der Waals surface area contributed by atoms with Gasteiger partial charge in [-0.1, -0.05) is 18.5 Å². The maximum atomic E-state index is 12.7. The fourth-order valence-electron chi connectivity index (χ4n) is 3.53. The summed E-state index contributed by atoms with van der Waals surface area (Å²) in [6.07, 6.45) is 1.81. The second kappa shape index (κ2) is 8.45. The molecule has 9 heteroatoms. The first-order valence-electron chi connectivity index (χ1n) is 9.20. The van der Waals surface area contributed by atoms with E-state index in [1.807, 2.05) is 6.92 Å². The molecule has 2 aliphatic heterocycles. The quantitative estimate of drug-likeness (QED) is 0.734. The van der Waals surface area contributed by atoms with Crippen LogP contribution in [0.4, 0.5) is 0 Å². The highest BCUT2D eigenvalue weighted by molar-refractivity contribution is 7.89. The normalized spacial score (nSPS) is 25.9. The van der Waals surface area contributed by atoms with Crippen molar-refractivity contribution in [2.24, 2.45) is 5.92 Å². The summed E-state index contributed by atoms with van der Waals surface area (Å²) in [7, 11) is -3.87. The fourth-order valence-corrected chi connectivity index (χ4v) is 5.12. The zero-order chi connectivity index (χ0) is 19.6. The zero-order valence-electron chi connectivity index (χ0n) is 15.2. The molecule has 0 unspecified atom stereocenters. The van der Waals surface area contributed by atoms with Gasteiger partial charge in [0.2, 0.25) is 10.0 Å². The van der Waals surface area contributed by atoms with E-state index < -0.39 is 16.1 Å². The maximum Gasteiger partial charge on any atom is 0.253 e. The third kappa shape index (κ3) is 4.63. The van der Waals surface area contributed by atoms with Crippen LogP contribution in [-0.4, -0.2) is 62.8 Å². The third-order valence-electron chi connectivity index (χ3n) is 5.21. The first kappa shape index (κ1) is 20.5. The van der Waals surface area contributed by atoms with Crippen LogP contribution in [0.1, 0.15) is 36.5 Å². The summed E-state index contributed by atoms with van der Waals surface area (Å²) < 4.78 is 33.2. The number of hydrogen-bond donors (Lipinski definition) is 2. The molecular weight excluding hydrogens is 392 g/mol. The molecule has 0 radical (unpaired) electrons. The van der Waals surface area contributed by atoms with Gasteiger partial charge in [0.25, 0.3) is 5.91 Å². The highest BCUT2D eigenvalue weighted by Gasteiger charge is 2.33. The molecule has 2 heterocycles. The van der Waals surface area contributed by atoms with Gasteiger partial charge in [-0.3, -0.25) is 4.79 Å². The number of nitrogens with zero attached hydrogens (tertiary/aromatic N) is 1. The van der Waals surface area contributed by atoms with Crippen molar-refractivity contribution in [2.45, 2.75) is 43.3 Å². The molecule has 2 fully saturated rings. The van der Waals surface area contributed by atoms with E-state index >= 15 is 0 Å². The number of nitrogens with one attached hydrogen (secondary N) is 1. The van der Waals surface area contributed by atoms with Crippen LogP contribution in [0.25, 0.3) is 0 Å². The molecule has 1 aromatic carbocycles. The van der Waals surface area contributed by atoms with E-state index in [1.54, 1.807) is 4.90 Å². The Morgan fingerprint density at radius 3 is 2.81 bits per heavy atom. The molecule has 0 spiro atoms. The Balaban J connectivity index is 1.76. The minimum absolute atomic E-state index is 0.0394. The van der Waals surface area contributed by atoms with Crippen molar-refractivity contribution in [2.75, 3.05) is 26.2 Å². The van der Waals surface area contributed by atoms with E-state index in [4.69, 9.17) is 16.3 Å². The molecule has 27 heavy (non-hydrogen) atoms. The molecule has 1 aromatic rings. The summed E-state index contributed by atoms with van der Waals surface area (Å²) in [6.45, 7) is 3.48. The molecule has 3 rings (SSSR count). The van der Waals surface area contributed by atoms with Gasteiger partial charge in [0, 0.05) is 37.7 Å². The van der Waals surface area contributed by atoms with E-state index in [-0.39, 0.29) is 46.5 Å². The van der Waals surface area contributed by atoms with Gasteiger partial charge in [0.15, 0.2) is 0 Å². The predicted molar refractivity (Wildman–Crippen MR) is 101 cm³/mol. The second-order valence-electron chi connectivity index (χ2n) is 7.08. The van der Waals surface area contributed by atoms with Crippen molar-refractivity contribution in [3.63, 3.8) is 0 Å². The lowest BCUT2D eigenvalue weighted by Gasteiger charge is -2.17. The van der Waals surface area contributed by atoms with Crippen molar-refractivity contribution in [3.8, 4) is 0 Å². The Morgan fingerprint density at radius 1 is 1.41 bits per heavy atom.